The molecule has 2 aromatic rings. The minimum absolute atomic E-state index is 0.180. The van der Waals surface area contributed by atoms with Crippen LogP contribution in [0, 0.1) is 0 Å². The van der Waals surface area contributed by atoms with E-state index in [0.29, 0.717) is 5.92 Å². The van der Waals surface area contributed by atoms with Gasteiger partial charge in [-0.2, -0.15) is 0 Å². The Morgan fingerprint density at radius 2 is 2.10 bits per heavy atom. The highest BCUT2D eigenvalue weighted by molar-refractivity contribution is 7.16. The highest BCUT2D eigenvalue weighted by Crippen LogP contribution is 2.39. The van der Waals surface area contributed by atoms with E-state index < -0.39 is 0 Å². The lowest BCUT2D eigenvalue weighted by molar-refractivity contribution is 0.868. The predicted octanol–water partition coefficient (Wildman–Crippen LogP) is 4.67. The van der Waals surface area contributed by atoms with E-state index in [1.807, 2.05) is 12.1 Å². The Morgan fingerprint density at radius 3 is 2.71 bits per heavy atom. The van der Waals surface area contributed by atoms with Crippen LogP contribution in [0.25, 0.3) is 0 Å². The Morgan fingerprint density at radius 1 is 1.33 bits per heavy atom. The average Bonchev–Trinajstić information content (AvgIpc) is 3.21. The molecular weight excluding hydrogens is 304 g/mol. The molecule has 2 aromatic heterocycles. The minimum atomic E-state index is 0.180. The lowest BCUT2D eigenvalue weighted by Gasteiger charge is -2.15. The Bertz CT molecular complexity index is 624. The smallest absolute Gasteiger partial charge is 0.136 e. The van der Waals surface area contributed by atoms with Gasteiger partial charge in [0, 0.05) is 23.4 Å². The molecule has 3 rings (SSSR count). The molecule has 2 heterocycles. The lowest BCUT2D eigenvalue weighted by atomic mass is 10.2. The minimum Gasteiger partial charge on any atom is -0.370 e. The third kappa shape index (κ3) is 3.66. The number of thiophene rings is 1. The molecule has 0 bridgehead atoms. The summed E-state index contributed by atoms with van der Waals surface area (Å²) in [5, 5.41) is 6.73. The fourth-order valence-corrected chi connectivity index (χ4v) is 3.25. The van der Waals surface area contributed by atoms with Crippen LogP contribution < -0.4 is 10.6 Å². The lowest BCUT2D eigenvalue weighted by Crippen LogP contribution is -2.10. The van der Waals surface area contributed by atoms with Crippen molar-refractivity contribution < 1.29 is 0 Å². The first-order chi connectivity index (χ1) is 10.2. The maximum Gasteiger partial charge on any atom is 0.136 e. The van der Waals surface area contributed by atoms with E-state index in [1.165, 1.54) is 17.7 Å². The molecular formula is C15H19ClN4S. The first kappa shape index (κ1) is 14.6. The van der Waals surface area contributed by atoms with Gasteiger partial charge in [0.15, 0.2) is 0 Å². The topological polar surface area (TPSA) is 49.8 Å². The van der Waals surface area contributed by atoms with Crippen molar-refractivity contribution in [3.63, 3.8) is 0 Å². The summed E-state index contributed by atoms with van der Waals surface area (Å²) in [4.78, 5) is 10.5. The van der Waals surface area contributed by atoms with Gasteiger partial charge in [-0.25, -0.2) is 9.97 Å². The van der Waals surface area contributed by atoms with Gasteiger partial charge in [-0.1, -0.05) is 11.6 Å². The Balaban J connectivity index is 1.80. The van der Waals surface area contributed by atoms with Crippen LogP contribution in [-0.4, -0.2) is 16.5 Å². The van der Waals surface area contributed by atoms with Crippen molar-refractivity contribution in [2.75, 3.05) is 17.2 Å². The molecule has 0 aromatic carbocycles. The second-order valence-corrected chi connectivity index (χ2v) is 7.06. The molecule has 1 atom stereocenters. The summed E-state index contributed by atoms with van der Waals surface area (Å²) in [6.07, 6.45) is 2.40. The van der Waals surface area contributed by atoms with Crippen molar-refractivity contribution in [2.45, 2.75) is 38.6 Å². The Labute approximate surface area is 134 Å². The molecule has 1 unspecified atom stereocenters. The predicted molar refractivity (Wildman–Crippen MR) is 89.5 cm³/mol. The van der Waals surface area contributed by atoms with Crippen LogP contribution in [-0.2, 0) is 0 Å². The van der Waals surface area contributed by atoms with E-state index in [4.69, 9.17) is 11.6 Å². The summed E-state index contributed by atoms with van der Waals surface area (Å²) < 4.78 is 0.813. The van der Waals surface area contributed by atoms with Crippen LogP contribution in [0.4, 0.5) is 11.6 Å². The molecule has 112 valence electrons. The largest absolute Gasteiger partial charge is 0.370 e. The van der Waals surface area contributed by atoms with Crippen LogP contribution in [0.3, 0.4) is 0 Å². The standard InChI is InChI=1S/C15H19ClN4S/c1-3-17-13-8-14(20-15(19-13)10-4-5-10)18-9(2)11-6-7-12(16)21-11/h6-10H,3-5H2,1-2H3,(H2,17,18,19,20). The molecule has 0 aliphatic heterocycles. The van der Waals surface area contributed by atoms with Gasteiger partial charge in [-0.15, -0.1) is 11.3 Å². The third-order valence-electron chi connectivity index (χ3n) is 3.43. The van der Waals surface area contributed by atoms with Gasteiger partial charge in [0.2, 0.25) is 0 Å². The monoisotopic (exact) mass is 322 g/mol. The summed E-state index contributed by atoms with van der Waals surface area (Å²) >= 11 is 7.60. The SMILES string of the molecule is CCNc1cc(NC(C)c2ccc(Cl)s2)nc(C2CC2)n1. The third-order valence-corrected chi connectivity index (χ3v) is 4.84. The molecule has 1 saturated carbocycles. The molecule has 0 radical (unpaired) electrons. The molecule has 0 saturated heterocycles. The van der Waals surface area contributed by atoms with Crippen molar-refractivity contribution in [1.82, 2.24) is 9.97 Å². The maximum absolute atomic E-state index is 6.00. The normalized spacial score (nSPS) is 15.8. The van der Waals surface area contributed by atoms with Gasteiger partial charge < -0.3 is 10.6 Å². The maximum atomic E-state index is 6.00. The van der Waals surface area contributed by atoms with E-state index in [9.17, 15) is 0 Å². The number of aromatic nitrogens is 2. The van der Waals surface area contributed by atoms with Gasteiger partial charge in [-0.05, 0) is 38.8 Å². The van der Waals surface area contributed by atoms with E-state index in [2.05, 4.69) is 40.5 Å². The van der Waals surface area contributed by atoms with E-state index in [1.54, 1.807) is 11.3 Å². The van der Waals surface area contributed by atoms with Crippen LogP contribution in [0.15, 0.2) is 18.2 Å². The second kappa shape index (κ2) is 6.20. The molecule has 4 nitrogen and oxygen atoms in total. The number of nitrogens with one attached hydrogen (secondary N) is 2. The highest BCUT2D eigenvalue weighted by Gasteiger charge is 2.27. The van der Waals surface area contributed by atoms with E-state index >= 15 is 0 Å². The first-order valence-electron chi connectivity index (χ1n) is 7.30. The van der Waals surface area contributed by atoms with Gasteiger partial charge in [-0.3, -0.25) is 0 Å². The Hall–Kier alpha value is -1.33. The molecule has 2 N–H and O–H groups in total. The number of nitrogens with zero attached hydrogens (tertiary/aromatic N) is 2. The van der Waals surface area contributed by atoms with Crippen LogP contribution in [0.2, 0.25) is 4.34 Å². The number of hydrogen-bond acceptors (Lipinski definition) is 5. The summed E-state index contributed by atoms with van der Waals surface area (Å²) in [6.45, 7) is 5.05. The van der Waals surface area contributed by atoms with Gasteiger partial charge in [0.05, 0.1) is 10.4 Å². The zero-order valence-corrected chi connectivity index (χ0v) is 13.8. The van der Waals surface area contributed by atoms with Crippen molar-refractivity contribution in [3.8, 4) is 0 Å². The first-order valence-corrected chi connectivity index (χ1v) is 8.49. The molecule has 6 heteroatoms. The van der Waals surface area contributed by atoms with Gasteiger partial charge in [0.25, 0.3) is 0 Å². The zero-order chi connectivity index (χ0) is 14.8. The zero-order valence-electron chi connectivity index (χ0n) is 12.2. The summed E-state index contributed by atoms with van der Waals surface area (Å²) in [7, 11) is 0. The van der Waals surface area contributed by atoms with Gasteiger partial charge in [0.1, 0.15) is 17.5 Å². The van der Waals surface area contributed by atoms with Crippen molar-refractivity contribution in [1.29, 1.82) is 0 Å². The summed E-state index contributed by atoms with van der Waals surface area (Å²) in [5.41, 5.74) is 0. The van der Waals surface area contributed by atoms with Gasteiger partial charge >= 0.3 is 0 Å². The quantitative estimate of drug-likeness (QED) is 0.811. The fraction of sp³-hybridized carbons (Fsp3) is 0.467. The number of halogens is 1. The molecule has 0 amide bonds. The van der Waals surface area contributed by atoms with Crippen molar-refractivity contribution >= 4 is 34.6 Å². The van der Waals surface area contributed by atoms with Crippen molar-refractivity contribution in [3.05, 3.63) is 33.2 Å². The average molecular weight is 323 g/mol. The second-order valence-electron chi connectivity index (χ2n) is 5.31. The van der Waals surface area contributed by atoms with E-state index in [0.717, 1.165) is 28.3 Å². The number of anilines is 2. The van der Waals surface area contributed by atoms with Crippen molar-refractivity contribution in [2.24, 2.45) is 0 Å². The van der Waals surface area contributed by atoms with Crippen LogP contribution in [0.5, 0.6) is 0 Å². The van der Waals surface area contributed by atoms with Crippen LogP contribution >= 0.6 is 22.9 Å². The van der Waals surface area contributed by atoms with Crippen LogP contribution in [0.1, 0.15) is 49.4 Å². The molecule has 1 aliphatic rings. The fourth-order valence-electron chi connectivity index (χ4n) is 2.19. The molecule has 0 spiro atoms. The molecule has 1 fully saturated rings. The summed E-state index contributed by atoms with van der Waals surface area (Å²) in [5.74, 6) is 3.26. The molecule has 21 heavy (non-hydrogen) atoms. The number of rotatable bonds is 6. The summed E-state index contributed by atoms with van der Waals surface area (Å²) in [6, 6.07) is 6.14. The van der Waals surface area contributed by atoms with E-state index in [-0.39, 0.29) is 6.04 Å². The Kier molecular flexibility index (Phi) is 4.31. The highest BCUT2D eigenvalue weighted by atomic mass is 35.5. The molecule has 1 aliphatic carbocycles. The number of hydrogen-bond donors (Lipinski definition) is 2.